The van der Waals surface area contributed by atoms with E-state index in [9.17, 15) is 9.90 Å². The van der Waals surface area contributed by atoms with Crippen molar-refractivity contribution in [2.24, 2.45) is 0 Å². The van der Waals surface area contributed by atoms with Crippen LogP contribution in [0.4, 0.5) is 11.4 Å². The molecule has 5 nitrogen and oxygen atoms in total. The van der Waals surface area contributed by atoms with Crippen molar-refractivity contribution < 1.29 is 9.90 Å². The number of fused-ring (bicyclic) bond motifs is 1. The van der Waals surface area contributed by atoms with Gasteiger partial charge in [-0.25, -0.2) is 0 Å². The molecule has 1 atom stereocenters. The molecule has 6 heteroatoms. The zero-order valence-electron chi connectivity index (χ0n) is 12.3. The van der Waals surface area contributed by atoms with Gasteiger partial charge in [0.25, 0.3) is 5.91 Å². The first-order valence-corrected chi connectivity index (χ1v) is 8.08. The van der Waals surface area contributed by atoms with Crippen LogP contribution in [0.1, 0.15) is 25.5 Å². The van der Waals surface area contributed by atoms with Gasteiger partial charge in [0.1, 0.15) is 0 Å². The highest BCUT2D eigenvalue weighted by Crippen LogP contribution is 2.39. The number of aliphatic hydroxyl groups excluding tert-OH is 1. The predicted molar refractivity (Wildman–Crippen MR) is 86.7 cm³/mol. The number of nitrogens with zero attached hydrogens (tertiary/aromatic N) is 2. The van der Waals surface area contributed by atoms with Crippen molar-refractivity contribution in [2.45, 2.75) is 26.0 Å². The molecule has 0 aromatic heterocycles. The first kappa shape index (κ1) is 14.8. The summed E-state index contributed by atoms with van der Waals surface area (Å²) >= 11 is 3.57. The Labute approximate surface area is 133 Å². The summed E-state index contributed by atoms with van der Waals surface area (Å²) in [6.45, 7) is 8.44. The molecule has 0 aliphatic carbocycles. The van der Waals surface area contributed by atoms with Crippen LogP contribution in [0.5, 0.6) is 0 Å². The summed E-state index contributed by atoms with van der Waals surface area (Å²) in [5, 5.41) is 12.6. The van der Waals surface area contributed by atoms with E-state index in [0.29, 0.717) is 11.6 Å². The highest BCUT2D eigenvalue weighted by molar-refractivity contribution is 9.10. The number of halogens is 1. The number of anilines is 2. The van der Waals surface area contributed by atoms with Crippen LogP contribution in [0.25, 0.3) is 0 Å². The van der Waals surface area contributed by atoms with Gasteiger partial charge in [-0.05, 0) is 41.9 Å². The Hall–Kier alpha value is -1.11. The zero-order chi connectivity index (χ0) is 15.1. The van der Waals surface area contributed by atoms with Gasteiger partial charge in [0.05, 0.1) is 5.69 Å². The first-order valence-electron chi connectivity index (χ1n) is 7.28. The quantitative estimate of drug-likeness (QED) is 0.853. The van der Waals surface area contributed by atoms with Gasteiger partial charge in [-0.15, -0.1) is 0 Å². The Bertz CT molecular complexity index is 568. The third kappa shape index (κ3) is 2.67. The maximum Gasteiger partial charge on any atom is 0.257 e. The summed E-state index contributed by atoms with van der Waals surface area (Å²) < 4.78 is 0.926. The lowest BCUT2D eigenvalue weighted by atomic mass is 10.1. The number of amides is 1. The van der Waals surface area contributed by atoms with Crippen LogP contribution in [-0.4, -0.2) is 48.1 Å². The molecule has 1 amide bonds. The highest BCUT2D eigenvalue weighted by atomic mass is 79.9. The molecule has 2 heterocycles. The molecular formula is C15H20BrN3O2. The van der Waals surface area contributed by atoms with Gasteiger partial charge in [-0.3, -0.25) is 9.69 Å². The molecule has 2 aliphatic heterocycles. The van der Waals surface area contributed by atoms with Gasteiger partial charge in [0, 0.05) is 47.9 Å². The molecular weight excluding hydrogens is 334 g/mol. The molecule has 1 aromatic carbocycles. The first-order chi connectivity index (χ1) is 9.97. The number of aliphatic hydroxyl groups is 1. The second-order valence-electron chi connectivity index (χ2n) is 5.90. The van der Waals surface area contributed by atoms with E-state index in [1.54, 1.807) is 0 Å². The summed E-state index contributed by atoms with van der Waals surface area (Å²) in [4.78, 5) is 16.3. The van der Waals surface area contributed by atoms with E-state index < -0.39 is 6.10 Å². The molecule has 0 spiro atoms. The fourth-order valence-corrected chi connectivity index (χ4v) is 3.59. The minimum atomic E-state index is -1.05. The average Bonchev–Trinajstić information content (AvgIpc) is 2.73. The van der Waals surface area contributed by atoms with Gasteiger partial charge >= 0.3 is 0 Å². The SMILES string of the molecule is CC(C)N1CCN(c2cc3c(cc2Br)C(O)C(=O)N3)CC1. The smallest absolute Gasteiger partial charge is 0.257 e. The number of piperazine rings is 1. The Morgan fingerprint density at radius 1 is 1.29 bits per heavy atom. The van der Waals surface area contributed by atoms with E-state index in [4.69, 9.17) is 0 Å². The number of carbonyl (C=O) groups excluding carboxylic acids is 1. The molecule has 3 rings (SSSR count). The van der Waals surface area contributed by atoms with Crippen LogP contribution in [0, 0.1) is 0 Å². The average molecular weight is 354 g/mol. The topological polar surface area (TPSA) is 55.8 Å². The van der Waals surface area contributed by atoms with Crippen LogP contribution >= 0.6 is 15.9 Å². The lowest BCUT2D eigenvalue weighted by molar-refractivity contribution is -0.123. The summed E-state index contributed by atoms with van der Waals surface area (Å²) in [6.07, 6.45) is -1.05. The van der Waals surface area contributed by atoms with Gasteiger partial charge in [0.2, 0.25) is 0 Å². The monoisotopic (exact) mass is 353 g/mol. The van der Waals surface area contributed by atoms with Crippen molar-refractivity contribution in [2.75, 3.05) is 36.4 Å². The minimum absolute atomic E-state index is 0.348. The van der Waals surface area contributed by atoms with E-state index in [-0.39, 0.29) is 5.91 Å². The van der Waals surface area contributed by atoms with Gasteiger partial charge in [-0.2, -0.15) is 0 Å². The molecule has 114 valence electrons. The van der Waals surface area contributed by atoms with Crippen molar-refractivity contribution in [3.05, 3.63) is 22.2 Å². The number of nitrogens with one attached hydrogen (secondary N) is 1. The van der Waals surface area contributed by atoms with E-state index in [2.05, 4.69) is 44.9 Å². The van der Waals surface area contributed by atoms with Crippen LogP contribution in [0.2, 0.25) is 0 Å². The Balaban J connectivity index is 1.82. The zero-order valence-corrected chi connectivity index (χ0v) is 13.9. The molecule has 1 fully saturated rings. The largest absolute Gasteiger partial charge is 0.378 e. The summed E-state index contributed by atoms with van der Waals surface area (Å²) in [5.74, 6) is -0.348. The van der Waals surface area contributed by atoms with Crippen molar-refractivity contribution in [3.63, 3.8) is 0 Å². The summed E-state index contributed by atoms with van der Waals surface area (Å²) in [6, 6.07) is 4.38. The number of hydrogen-bond donors (Lipinski definition) is 2. The molecule has 21 heavy (non-hydrogen) atoms. The molecule has 1 unspecified atom stereocenters. The van der Waals surface area contributed by atoms with Crippen LogP contribution < -0.4 is 10.2 Å². The van der Waals surface area contributed by atoms with Crippen LogP contribution in [0.15, 0.2) is 16.6 Å². The van der Waals surface area contributed by atoms with Crippen LogP contribution in [-0.2, 0) is 4.79 Å². The maximum atomic E-state index is 11.6. The molecule has 0 radical (unpaired) electrons. The Morgan fingerprint density at radius 3 is 2.57 bits per heavy atom. The second kappa shape index (κ2) is 5.59. The van der Waals surface area contributed by atoms with Crippen molar-refractivity contribution in [3.8, 4) is 0 Å². The lowest BCUT2D eigenvalue weighted by Gasteiger charge is -2.38. The van der Waals surface area contributed by atoms with Gasteiger partial charge in [-0.1, -0.05) is 0 Å². The summed E-state index contributed by atoms with van der Waals surface area (Å²) in [7, 11) is 0. The standard InChI is InChI=1S/C15H20BrN3O2/c1-9(2)18-3-5-19(6-4-18)13-8-12-10(7-11(13)16)14(20)15(21)17-12/h7-9,14,20H,3-6H2,1-2H3,(H,17,21). The molecule has 2 N–H and O–H groups in total. The highest BCUT2D eigenvalue weighted by Gasteiger charge is 2.30. The minimum Gasteiger partial charge on any atom is -0.378 e. The molecule has 0 bridgehead atoms. The number of carbonyl (C=O) groups is 1. The number of hydrogen-bond acceptors (Lipinski definition) is 4. The lowest BCUT2D eigenvalue weighted by Crippen LogP contribution is -2.49. The van der Waals surface area contributed by atoms with E-state index in [0.717, 1.165) is 42.0 Å². The predicted octanol–water partition coefficient (Wildman–Crippen LogP) is 1.96. The number of benzene rings is 1. The molecule has 2 aliphatic rings. The normalized spacial score (nSPS) is 22.6. The fraction of sp³-hybridized carbons (Fsp3) is 0.533. The van der Waals surface area contributed by atoms with Crippen LogP contribution in [0.3, 0.4) is 0 Å². The second-order valence-corrected chi connectivity index (χ2v) is 6.75. The maximum absolute atomic E-state index is 11.6. The van der Waals surface area contributed by atoms with Gasteiger partial charge < -0.3 is 15.3 Å². The third-order valence-corrected chi connectivity index (χ3v) is 4.94. The molecule has 1 saturated heterocycles. The van der Waals surface area contributed by atoms with Gasteiger partial charge in [0.15, 0.2) is 6.10 Å². The van der Waals surface area contributed by atoms with Crippen molar-refractivity contribution in [1.29, 1.82) is 0 Å². The fourth-order valence-electron chi connectivity index (χ4n) is 2.98. The van der Waals surface area contributed by atoms with E-state index in [1.807, 2.05) is 12.1 Å². The summed E-state index contributed by atoms with van der Waals surface area (Å²) in [5.41, 5.74) is 2.44. The number of rotatable bonds is 2. The molecule has 1 aromatic rings. The Kier molecular flexibility index (Phi) is 3.94. The van der Waals surface area contributed by atoms with E-state index >= 15 is 0 Å². The molecule has 0 saturated carbocycles. The van der Waals surface area contributed by atoms with Crippen molar-refractivity contribution >= 4 is 33.2 Å². The Morgan fingerprint density at radius 2 is 1.95 bits per heavy atom. The third-order valence-electron chi connectivity index (χ3n) is 4.31. The van der Waals surface area contributed by atoms with E-state index in [1.165, 1.54) is 0 Å². The van der Waals surface area contributed by atoms with Crippen molar-refractivity contribution in [1.82, 2.24) is 4.90 Å².